The number of nitrogens with zero attached hydrogens (tertiary/aromatic N) is 1. The molecule has 0 spiro atoms. The quantitative estimate of drug-likeness (QED) is 0.822. The van der Waals surface area contributed by atoms with E-state index in [1.54, 1.807) is 12.4 Å². The summed E-state index contributed by atoms with van der Waals surface area (Å²) >= 11 is 0. The van der Waals surface area contributed by atoms with Crippen molar-refractivity contribution in [3.63, 3.8) is 0 Å². The molecule has 15 heavy (non-hydrogen) atoms. The molecule has 1 saturated carbocycles. The van der Waals surface area contributed by atoms with Gasteiger partial charge in [-0.25, -0.2) is 0 Å². The van der Waals surface area contributed by atoms with Gasteiger partial charge >= 0.3 is 5.97 Å². The molecule has 0 atom stereocenters. The van der Waals surface area contributed by atoms with Gasteiger partial charge in [0.1, 0.15) is 0 Å². The molecule has 0 amide bonds. The Morgan fingerprint density at radius 3 is 2.80 bits per heavy atom. The first-order valence-corrected chi connectivity index (χ1v) is 5.37. The number of rotatable bonds is 3. The normalized spacial score (nSPS) is 18.2. The standard InChI is InChI=1S/C12H15NO2/c1-2-9-4-7-13-8-10(9)12(11(14)15)5-3-6-12/h4,7-8H,2-3,5-6H2,1H3,(H,14,15). The van der Waals surface area contributed by atoms with Crippen molar-refractivity contribution in [2.45, 2.75) is 38.0 Å². The van der Waals surface area contributed by atoms with Gasteiger partial charge in [-0.2, -0.15) is 0 Å². The minimum Gasteiger partial charge on any atom is -0.481 e. The molecule has 1 fully saturated rings. The lowest BCUT2D eigenvalue weighted by Crippen LogP contribution is -2.43. The van der Waals surface area contributed by atoms with Gasteiger partial charge < -0.3 is 5.11 Å². The number of carboxylic acids is 1. The minimum absolute atomic E-state index is 0.639. The maximum atomic E-state index is 11.3. The van der Waals surface area contributed by atoms with E-state index in [1.807, 2.05) is 13.0 Å². The summed E-state index contributed by atoms with van der Waals surface area (Å²) in [6, 6.07) is 1.93. The average Bonchev–Trinajstić information content (AvgIpc) is 2.16. The van der Waals surface area contributed by atoms with E-state index in [2.05, 4.69) is 4.98 Å². The molecule has 2 rings (SSSR count). The van der Waals surface area contributed by atoms with E-state index in [0.717, 1.165) is 36.8 Å². The zero-order valence-corrected chi connectivity index (χ0v) is 8.86. The van der Waals surface area contributed by atoms with E-state index >= 15 is 0 Å². The van der Waals surface area contributed by atoms with Gasteiger partial charge in [0.25, 0.3) is 0 Å². The van der Waals surface area contributed by atoms with Crippen molar-refractivity contribution in [2.75, 3.05) is 0 Å². The fourth-order valence-electron chi connectivity index (χ4n) is 2.29. The number of hydrogen-bond acceptors (Lipinski definition) is 2. The molecule has 1 aliphatic carbocycles. The molecule has 0 unspecified atom stereocenters. The Morgan fingerprint density at radius 1 is 1.60 bits per heavy atom. The van der Waals surface area contributed by atoms with Crippen LogP contribution in [0.1, 0.15) is 37.3 Å². The lowest BCUT2D eigenvalue weighted by molar-refractivity contribution is -0.147. The van der Waals surface area contributed by atoms with Crippen LogP contribution in [0.4, 0.5) is 0 Å². The topological polar surface area (TPSA) is 50.2 Å². The summed E-state index contributed by atoms with van der Waals surface area (Å²) < 4.78 is 0. The van der Waals surface area contributed by atoms with Crippen LogP contribution in [0.15, 0.2) is 18.5 Å². The second kappa shape index (κ2) is 3.65. The molecule has 0 bridgehead atoms. The number of hydrogen-bond donors (Lipinski definition) is 1. The van der Waals surface area contributed by atoms with Crippen LogP contribution in [-0.2, 0) is 16.6 Å². The Labute approximate surface area is 89.2 Å². The van der Waals surface area contributed by atoms with E-state index in [0.29, 0.717) is 0 Å². The van der Waals surface area contributed by atoms with Crippen LogP contribution in [0.25, 0.3) is 0 Å². The molecular weight excluding hydrogens is 190 g/mol. The van der Waals surface area contributed by atoms with Gasteiger partial charge in [0.2, 0.25) is 0 Å². The van der Waals surface area contributed by atoms with Crippen molar-refractivity contribution in [3.05, 3.63) is 29.6 Å². The average molecular weight is 205 g/mol. The van der Waals surface area contributed by atoms with Gasteiger partial charge in [-0.05, 0) is 36.5 Å². The summed E-state index contributed by atoms with van der Waals surface area (Å²) in [6.45, 7) is 2.05. The molecule has 1 heterocycles. The van der Waals surface area contributed by atoms with E-state index < -0.39 is 11.4 Å². The highest BCUT2D eigenvalue weighted by molar-refractivity contribution is 5.83. The molecule has 0 radical (unpaired) electrons. The fraction of sp³-hybridized carbons (Fsp3) is 0.500. The third-order valence-electron chi connectivity index (χ3n) is 3.42. The minimum atomic E-state index is -0.698. The first-order valence-electron chi connectivity index (χ1n) is 5.37. The predicted octanol–water partition coefficient (Wildman–Crippen LogP) is 2.15. The van der Waals surface area contributed by atoms with Gasteiger partial charge in [0.05, 0.1) is 5.41 Å². The molecule has 1 N–H and O–H groups in total. The van der Waals surface area contributed by atoms with Crippen molar-refractivity contribution in [1.29, 1.82) is 0 Å². The molecule has 0 aromatic carbocycles. The highest BCUT2D eigenvalue weighted by atomic mass is 16.4. The fourth-order valence-corrected chi connectivity index (χ4v) is 2.29. The van der Waals surface area contributed by atoms with Crippen LogP contribution >= 0.6 is 0 Å². The van der Waals surface area contributed by atoms with E-state index in [9.17, 15) is 9.90 Å². The third-order valence-corrected chi connectivity index (χ3v) is 3.42. The zero-order chi connectivity index (χ0) is 10.9. The zero-order valence-electron chi connectivity index (χ0n) is 8.86. The second-order valence-electron chi connectivity index (χ2n) is 4.13. The molecule has 1 aromatic heterocycles. The van der Waals surface area contributed by atoms with Crippen molar-refractivity contribution in [1.82, 2.24) is 4.98 Å². The molecule has 1 aliphatic rings. The molecule has 1 aromatic rings. The van der Waals surface area contributed by atoms with Crippen LogP contribution < -0.4 is 0 Å². The van der Waals surface area contributed by atoms with Crippen LogP contribution in [0.5, 0.6) is 0 Å². The van der Waals surface area contributed by atoms with Crippen LogP contribution in [0.2, 0.25) is 0 Å². The highest BCUT2D eigenvalue weighted by Crippen LogP contribution is 2.45. The number of pyridine rings is 1. The highest BCUT2D eigenvalue weighted by Gasteiger charge is 2.47. The molecule has 80 valence electrons. The molecule has 0 aliphatic heterocycles. The SMILES string of the molecule is CCc1ccncc1C1(C(=O)O)CCC1. The number of aryl methyl sites for hydroxylation is 1. The summed E-state index contributed by atoms with van der Waals surface area (Å²) in [5, 5.41) is 9.33. The van der Waals surface area contributed by atoms with Gasteiger partial charge in [-0.3, -0.25) is 9.78 Å². The molecular formula is C12H15NO2. The number of aromatic nitrogens is 1. The summed E-state index contributed by atoms with van der Waals surface area (Å²) in [6.07, 6.45) is 6.84. The van der Waals surface area contributed by atoms with Gasteiger partial charge in [-0.15, -0.1) is 0 Å². The van der Waals surface area contributed by atoms with Gasteiger partial charge in [0, 0.05) is 12.4 Å². The Bertz CT molecular complexity index is 383. The smallest absolute Gasteiger partial charge is 0.314 e. The van der Waals surface area contributed by atoms with E-state index in [1.165, 1.54) is 0 Å². The van der Waals surface area contributed by atoms with Crippen LogP contribution in [0.3, 0.4) is 0 Å². The first kappa shape index (κ1) is 10.1. The lowest BCUT2D eigenvalue weighted by Gasteiger charge is -2.39. The summed E-state index contributed by atoms with van der Waals surface area (Å²) in [5.41, 5.74) is 1.40. The Morgan fingerprint density at radius 2 is 2.33 bits per heavy atom. The maximum absolute atomic E-state index is 11.3. The Hall–Kier alpha value is -1.38. The first-order chi connectivity index (χ1) is 7.20. The summed E-state index contributed by atoms with van der Waals surface area (Å²) in [4.78, 5) is 15.4. The largest absolute Gasteiger partial charge is 0.481 e. The predicted molar refractivity (Wildman–Crippen MR) is 56.8 cm³/mol. The van der Waals surface area contributed by atoms with Crippen LogP contribution in [-0.4, -0.2) is 16.1 Å². The van der Waals surface area contributed by atoms with E-state index in [-0.39, 0.29) is 0 Å². The summed E-state index contributed by atoms with van der Waals surface area (Å²) in [7, 11) is 0. The third kappa shape index (κ3) is 1.42. The lowest BCUT2D eigenvalue weighted by atomic mass is 9.63. The number of carboxylic acid groups (broad SMARTS) is 1. The monoisotopic (exact) mass is 205 g/mol. The summed E-state index contributed by atoms with van der Waals surface area (Å²) in [5.74, 6) is -0.698. The van der Waals surface area contributed by atoms with Crippen molar-refractivity contribution in [2.24, 2.45) is 0 Å². The Kier molecular flexibility index (Phi) is 2.47. The van der Waals surface area contributed by atoms with Crippen LogP contribution in [0, 0.1) is 0 Å². The van der Waals surface area contributed by atoms with Crippen molar-refractivity contribution >= 4 is 5.97 Å². The maximum Gasteiger partial charge on any atom is 0.314 e. The van der Waals surface area contributed by atoms with Gasteiger partial charge in [0.15, 0.2) is 0 Å². The van der Waals surface area contributed by atoms with Crippen molar-refractivity contribution in [3.8, 4) is 0 Å². The Balaban J connectivity index is 2.47. The number of aliphatic carboxylic acids is 1. The molecule has 3 heteroatoms. The molecule has 3 nitrogen and oxygen atoms in total. The van der Waals surface area contributed by atoms with Crippen molar-refractivity contribution < 1.29 is 9.90 Å². The molecule has 0 saturated heterocycles. The second-order valence-corrected chi connectivity index (χ2v) is 4.13. The van der Waals surface area contributed by atoms with Gasteiger partial charge in [-0.1, -0.05) is 13.3 Å². The van der Waals surface area contributed by atoms with E-state index in [4.69, 9.17) is 0 Å². The number of carbonyl (C=O) groups is 1.